The van der Waals surface area contributed by atoms with Gasteiger partial charge in [-0.3, -0.25) is 0 Å². The van der Waals surface area contributed by atoms with E-state index in [1.54, 1.807) is 0 Å². The first-order valence-electron chi connectivity index (χ1n) is 5.75. The number of nitrogens with one attached hydrogen (secondary N) is 1. The monoisotopic (exact) mass is 292 g/mol. The number of aliphatic hydroxyl groups excluding tert-OH is 2. The van der Waals surface area contributed by atoms with Crippen LogP contribution in [0.4, 0.5) is 8.78 Å². The fraction of sp³-hybridized carbons (Fsp3) is 0.727. The Morgan fingerprint density at radius 1 is 1.47 bits per heavy atom. The maximum atomic E-state index is 13.9. The van der Waals surface area contributed by atoms with E-state index in [1.807, 2.05) is 0 Å². The largest absolute Gasteiger partial charge is 0.387 e. The Morgan fingerprint density at radius 3 is 2.95 bits per heavy atom. The predicted molar refractivity (Wildman–Crippen MR) is 67.2 cm³/mol. The Balaban J connectivity index is 1.99. The van der Waals surface area contributed by atoms with Crippen molar-refractivity contribution in [2.45, 2.75) is 29.9 Å². The minimum Gasteiger partial charge on any atom is -0.387 e. The predicted octanol–water partition coefficient (Wildman–Crippen LogP) is -0.564. The Morgan fingerprint density at radius 2 is 2.26 bits per heavy atom. The molecule has 0 aromatic heterocycles. The lowest BCUT2D eigenvalue weighted by Crippen LogP contribution is -2.57. The lowest BCUT2D eigenvalue weighted by molar-refractivity contribution is -0.139. The van der Waals surface area contributed by atoms with Crippen LogP contribution >= 0.6 is 11.8 Å². The van der Waals surface area contributed by atoms with Crippen molar-refractivity contribution in [1.82, 2.24) is 5.32 Å². The number of fused-ring (bicyclic) bond motifs is 1. The number of alkyl halides is 2. The highest BCUT2D eigenvalue weighted by molar-refractivity contribution is 8.14. The maximum absolute atomic E-state index is 13.9. The molecule has 106 valence electrons. The Kier molecular flexibility index (Phi) is 4.99. The first-order valence-corrected chi connectivity index (χ1v) is 6.63. The van der Waals surface area contributed by atoms with Crippen LogP contribution in [0.1, 0.15) is 0 Å². The number of hydrogen-bond donors (Lipinski definition) is 3. The van der Waals surface area contributed by atoms with Gasteiger partial charge in [0.05, 0.1) is 6.04 Å². The summed E-state index contributed by atoms with van der Waals surface area (Å²) in [6, 6.07) is -0.743. The van der Waals surface area contributed by atoms with E-state index in [4.69, 9.17) is 9.84 Å². The average molecular weight is 292 g/mol. The molecule has 3 N–H and O–H groups in total. The number of aliphatic hydroxyl groups is 2. The summed E-state index contributed by atoms with van der Waals surface area (Å²) in [7, 11) is 0. The molecule has 2 rings (SSSR count). The van der Waals surface area contributed by atoms with Crippen LogP contribution in [0.25, 0.3) is 0 Å². The first-order chi connectivity index (χ1) is 9.17. The summed E-state index contributed by atoms with van der Waals surface area (Å²) in [5.41, 5.74) is -0.608. The third kappa shape index (κ3) is 3.17. The summed E-state index contributed by atoms with van der Waals surface area (Å²) >= 11 is 1.15. The standard InChI is InChI=1S/C11H14F2N2O3S/c12-5-6-9(17)7(13)8-10(18-6)19-11(15-8)14-3-1-2-4-16/h6-10,16-17H,3-5H2,(H,14,15)/t6-,7-,8-,9-,10-/m1/s1. The number of ether oxygens (including phenoxy) is 1. The van der Waals surface area contributed by atoms with Crippen LogP contribution in [0.15, 0.2) is 4.99 Å². The second-order valence-corrected chi connectivity index (χ2v) is 5.14. The van der Waals surface area contributed by atoms with Gasteiger partial charge in [-0.1, -0.05) is 23.6 Å². The van der Waals surface area contributed by atoms with E-state index in [1.165, 1.54) is 0 Å². The second-order valence-electron chi connectivity index (χ2n) is 4.05. The summed E-state index contributed by atoms with van der Waals surface area (Å²) in [6.07, 6.45) is -4.23. The van der Waals surface area contributed by atoms with Crippen molar-refractivity contribution in [3.63, 3.8) is 0 Å². The zero-order valence-corrected chi connectivity index (χ0v) is 10.7. The molecular weight excluding hydrogens is 278 g/mol. The van der Waals surface area contributed by atoms with E-state index in [2.05, 4.69) is 22.2 Å². The third-order valence-corrected chi connectivity index (χ3v) is 3.94. The number of halogens is 2. The second kappa shape index (κ2) is 6.52. The van der Waals surface area contributed by atoms with Crippen molar-refractivity contribution in [3.8, 4) is 11.8 Å². The molecule has 0 bridgehead atoms. The molecule has 2 saturated heterocycles. The van der Waals surface area contributed by atoms with Crippen LogP contribution in [0.3, 0.4) is 0 Å². The average Bonchev–Trinajstić information content (AvgIpc) is 2.82. The molecule has 2 aliphatic heterocycles. The van der Waals surface area contributed by atoms with Gasteiger partial charge in [0.15, 0.2) is 11.3 Å². The SMILES string of the molecule is OCC#CCN=C1N[C@@H]2[C@@H](F)[C@H](O)[C@@H](CF)O[C@@H]2S1. The normalized spacial score (nSPS) is 39.4. The van der Waals surface area contributed by atoms with Crippen molar-refractivity contribution in [2.75, 3.05) is 19.8 Å². The summed E-state index contributed by atoms with van der Waals surface area (Å²) < 4.78 is 31.8. The lowest BCUT2D eigenvalue weighted by atomic mass is 10.00. The lowest BCUT2D eigenvalue weighted by Gasteiger charge is -2.36. The Bertz CT molecular complexity index is 412. The third-order valence-electron chi connectivity index (χ3n) is 2.83. The van der Waals surface area contributed by atoms with E-state index < -0.39 is 36.5 Å². The molecule has 8 heteroatoms. The molecular formula is C11H14F2N2O3S. The van der Waals surface area contributed by atoms with Crippen LogP contribution in [0.5, 0.6) is 0 Å². The van der Waals surface area contributed by atoms with Crippen LogP contribution < -0.4 is 5.32 Å². The molecule has 19 heavy (non-hydrogen) atoms. The molecule has 5 nitrogen and oxygen atoms in total. The molecule has 0 aliphatic carbocycles. The maximum Gasteiger partial charge on any atom is 0.160 e. The van der Waals surface area contributed by atoms with Crippen molar-refractivity contribution in [3.05, 3.63) is 0 Å². The van der Waals surface area contributed by atoms with Gasteiger partial charge in [-0.05, 0) is 0 Å². The minimum atomic E-state index is -1.61. The molecule has 2 aliphatic rings. The molecule has 0 radical (unpaired) electrons. The van der Waals surface area contributed by atoms with Gasteiger partial charge in [0, 0.05) is 0 Å². The quantitative estimate of drug-likeness (QED) is 0.595. The Labute approximate surface area is 113 Å². The van der Waals surface area contributed by atoms with Gasteiger partial charge in [-0.15, -0.1) is 0 Å². The van der Waals surface area contributed by atoms with Crippen molar-refractivity contribution < 1.29 is 23.7 Å². The van der Waals surface area contributed by atoms with E-state index >= 15 is 0 Å². The van der Waals surface area contributed by atoms with Gasteiger partial charge >= 0.3 is 0 Å². The van der Waals surface area contributed by atoms with Crippen molar-refractivity contribution >= 4 is 16.9 Å². The van der Waals surface area contributed by atoms with Gasteiger partial charge in [0.25, 0.3) is 0 Å². The fourth-order valence-electron chi connectivity index (χ4n) is 1.87. The zero-order chi connectivity index (χ0) is 13.8. The molecule has 0 saturated carbocycles. The fourth-order valence-corrected chi connectivity index (χ4v) is 3.00. The highest BCUT2D eigenvalue weighted by Gasteiger charge is 2.50. The van der Waals surface area contributed by atoms with Gasteiger partial charge < -0.3 is 20.3 Å². The number of thioether (sulfide) groups is 1. The van der Waals surface area contributed by atoms with Crippen LogP contribution in [0.2, 0.25) is 0 Å². The Hall–Kier alpha value is -0.880. The molecule has 0 spiro atoms. The molecule has 2 heterocycles. The van der Waals surface area contributed by atoms with Gasteiger partial charge in [-0.2, -0.15) is 0 Å². The number of hydrogen-bond acceptors (Lipinski definition) is 5. The topological polar surface area (TPSA) is 74.1 Å². The molecule has 2 fully saturated rings. The highest BCUT2D eigenvalue weighted by atomic mass is 32.2. The summed E-state index contributed by atoms with van der Waals surface area (Å²) in [6.45, 7) is -1.00. The van der Waals surface area contributed by atoms with E-state index in [0.717, 1.165) is 11.8 Å². The summed E-state index contributed by atoms with van der Waals surface area (Å²) in [5.74, 6) is 5.03. The number of amidine groups is 1. The molecule has 0 amide bonds. The zero-order valence-electron chi connectivity index (χ0n) is 9.92. The molecule has 0 aromatic carbocycles. The van der Waals surface area contributed by atoms with Crippen molar-refractivity contribution in [1.29, 1.82) is 0 Å². The smallest absolute Gasteiger partial charge is 0.160 e. The number of aliphatic imine (C=N–C) groups is 1. The molecule has 0 aromatic rings. The van der Waals surface area contributed by atoms with E-state index in [9.17, 15) is 13.9 Å². The summed E-state index contributed by atoms with van der Waals surface area (Å²) in [5, 5.41) is 21.2. The van der Waals surface area contributed by atoms with Gasteiger partial charge in [0.2, 0.25) is 0 Å². The van der Waals surface area contributed by atoms with E-state index in [-0.39, 0.29) is 13.2 Å². The summed E-state index contributed by atoms with van der Waals surface area (Å²) in [4.78, 5) is 4.06. The van der Waals surface area contributed by atoms with Crippen molar-refractivity contribution in [2.24, 2.45) is 4.99 Å². The number of nitrogens with zero attached hydrogens (tertiary/aromatic N) is 1. The van der Waals surface area contributed by atoms with Gasteiger partial charge in [-0.25, -0.2) is 13.8 Å². The molecule has 0 unspecified atom stereocenters. The van der Waals surface area contributed by atoms with E-state index in [0.29, 0.717) is 5.17 Å². The minimum absolute atomic E-state index is 0.168. The molecule has 5 atom stereocenters. The van der Waals surface area contributed by atoms with Gasteiger partial charge in [0.1, 0.15) is 37.5 Å². The van der Waals surface area contributed by atoms with Crippen LogP contribution in [0, 0.1) is 11.8 Å². The first kappa shape index (κ1) is 14.5. The van der Waals surface area contributed by atoms with Crippen LogP contribution in [-0.4, -0.2) is 65.1 Å². The van der Waals surface area contributed by atoms with Crippen LogP contribution in [-0.2, 0) is 4.74 Å². The highest BCUT2D eigenvalue weighted by Crippen LogP contribution is 2.35. The number of rotatable bonds is 2.